The molecule has 1 heterocycles. The molecule has 0 saturated carbocycles. The zero-order valence-corrected chi connectivity index (χ0v) is 13.5. The molecule has 0 amide bonds. The Hall–Kier alpha value is -2.02. The number of carbonyl (C=O) groups is 1. The quantitative estimate of drug-likeness (QED) is 0.595. The standard InChI is InChI=1S/C15H19N3O3S/c1-3-13-16-17-15(18(13)2)22-10-6-9-21-12-8-5-4-7-11(12)14(19)20/h4-5,7-8H,3,6,9-10H2,1-2H3,(H,19,20). The van der Waals surface area contributed by atoms with Crippen LogP contribution in [-0.4, -0.2) is 38.2 Å². The summed E-state index contributed by atoms with van der Waals surface area (Å²) in [6.45, 7) is 2.52. The van der Waals surface area contributed by atoms with Crippen LogP contribution in [0.1, 0.15) is 29.5 Å². The van der Waals surface area contributed by atoms with Crippen LogP contribution in [-0.2, 0) is 13.5 Å². The van der Waals surface area contributed by atoms with E-state index >= 15 is 0 Å². The molecule has 2 aromatic rings. The Morgan fingerprint density at radius 3 is 2.82 bits per heavy atom. The highest BCUT2D eigenvalue weighted by molar-refractivity contribution is 7.99. The third-order valence-corrected chi connectivity index (χ3v) is 4.24. The van der Waals surface area contributed by atoms with Gasteiger partial charge < -0.3 is 14.4 Å². The van der Waals surface area contributed by atoms with Crippen molar-refractivity contribution in [2.45, 2.75) is 24.9 Å². The van der Waals surface area contributed by atoms with Gasteiger partial charge in [-0.05, 0) is 18.6 Å². The maximum absolute atomic E-state index is 11.1. The molecule has 1 aromatic carbocycles. The molecule has 22 heavy (non-hydrogen) atoms. The van der Waals surface area contributed by atoms with Crippen molar-refractivity contribution in [1.82, 2.24) is 14.8 Å². The molecule has 0 aliphatic rings. The largest absolute Gasteiger partial charge is 0.493 e. The van der Waals surface area contributed by atoms with E-state index in [-0.39, 0.29) is 5.56 Å². The van der Waals surface area contributed by atoms with Crippen molar-refractivity contribution in [1.29, 1.82) is 0 Å². The van der Waals surface area contributed by atoms with Crippen molar-refractivity contribution >= 4 is 17.7 Å². The van der Waals surface area contributed by atoms with Crippen molar-refractivity contribution in [3.05, 3.63) is 35.7 Å². The third-order valence-electron chi connectivity index (χ3n) is 3.14. The lowest BCUT2D eigenvalue weighted by Crippen LogP contribution is -2.05. The van der Waals surface area contributed by atoms with Gasteiger partial charge in [0.25, 0.3) is 0 Å². The summed E-state index contributed by atoms with van der Waals surface area (Å²) in [6, 6.07) is 6.67. The molecular formula is C15H19N3O3S. The first kappa shape index (κ1) is 16.4. The Kier molecular flexibility index (Phi) is 5.83. The van der Waals surface area contributed by atoms with Gasteiger partial charge >= 0.3 is 5.97 Å². The molecule has 0 saturated heterocycles. The van der Waals surface area contributed by atoms with E-state index in [1.54, 1.807) is 30.0 Å². The van der Waals surface area contributed by atoms with Crippen LogP contribution in [0.25, 0.3) is 0 Å². The van der Waals surface area contributed by atoms with Crippen LogP contribution in [0.5, 0.6) is 5.75 Å². The van der Waals surface area contributed by atoms with E-state index in [9.17, 15) is 4.79 Å². The molecule has 0 aliphatic carbocycles. The number of carboxylic acids is 1. The van der Waals surface area contributed by atoms with E-state index in [1.165, 1.54) is 6.07 Å². The monoisotopic (exact) mass is 321 g/mol. The minimum absolute atomic E-state index is 0.191. The van der Waals surface area contributed by atoms with E-state index in [0.29, 0.717) is 12.4 Å². The fourth-order valence-corrected chi connectivity index (χ4v) is 2.79. The van der Waals surface area contributed by atoms with Gasteiger partial charge in [0.2, 0.25) is 0 Å². The number of carboxylic acid groups (broad SMARTS) is 1. The van der Waals surface area contributed by atoms with E-state index in [4.69, 9.17) is 9.84 Å². The lowest BCUT2D eigenvalue weighted by Gasteiger charge is -2.08. The summed E-state index contributed by atoms with van der Waals surface area (Å²) < 4.78 is 7.55. The zero-order valence-electron chi connectivity index (χ0n) is 12.7. The summed E-state index contributed by atoms with van der Waals surface area (Å²) in [5.41, 5.74) is 0.191. The predicted octanol–water partition coefficient (Wildman–Crippen LogP) is 2.64. The summed E-state index contributed by atoms with van der Waals surface area (Å²) in [7, 11) is 1.96. The third kappa shape index (κ3) is 4.00. The lowest BCUT2D eigenvalue weighted by molar-refractivity contribution is 0.0692. The van der Waals surface area contributed by atoms with Crippen LogP contribution in [0.4, 0.5) is 0 Å². The highest BCUT2D eigenvalue weighted by Gasteiger charge is 2.10. The summed E-state index contributed by atoms with van der Waals surface area (Å²) >= 11 is 1.62. The van der Waals surface area contributed by atoms with Crippen LogP contribution >= 0.6 is 11.8 Å². The molecule has 0 aliphatic heterocycles. The second-order valence-electron chi connectivity index (χ2n) is 4.66. The number of thioether (sulfide) groups is 1. The number of hydrogen-bond acceptors (Lipinski definition) is 5. The second kappa shape index (κ2) is 7.84. The molecule has 0 radical (unpaired) electrons. The van der Waals surface area contributed by atoms with Gasteiger partial charge in [-0.15, -0.1) is 10.2 Å². The fraction of sp³-hybridized carbons (Fsp3) is 0.400. The van der Waals surface area contributed by atoms with Crippen LogP contribution in [0.2, 0.25) is 0 Å². The molecule has 0 spiro atoms. The topological polar surface area (TPSA) is 77.2 Å². The average Bonchev–Trinajstić information content (AvgIpc) is 2.87. The number of aryl methyl sites for hydroxylation is 1. The SMILES string of the molecule is CCc1nnc(SCCCOc2ccccc2C(=O)O)n1C. The van der Waals surface area contributed by atoms with Crippen LogP contribution in [0.3, 0.4) is 0 Å². The first-order chi connectivity index (χ1) is 10.6. The maximum atomic E-state index is 11.1. The van der Waals surface area contributed by atoms with Gasteiger partial charge in [-0.1, -0.05) is 30.8 Å². The summed E-state index contributed by atoms with van der Waals surface area (Å²) in [4.78, 5) is 11.1. The number of nitrogens with zero attached hydrogens (tertiary/aromatic N) is 3. The second-order valence-corrected chi connectivity index (χ2v) is 5.73. The van der Waals surface area contributed by atoms with Gasteiger partial charge in [0.1, 0.15) is 17.1 Å². The van der Waals surface area contributed by atoms with Crippen LogP contribution in [0.15, 0.2) is 29.4 Å². The molecule has 0 fully saturated rings. The van der Waals surface area contributed by atoms with Crippen LogP contribution in [0, 0.1) is 0 Å². The molecule has 0 atom stereocenters. The van der Waals surface area contributed by atoms with Crippen molar-refractivity contribution in [3.63, 3.8) is 0 Å². The minimum Gasteiger partial charge on any atom is -0.493 e. The van der Waals surface area contributed by atoms with Crippen molar-refractivity contribution in [3.8, 4) is 5.75 Å². The zero-order chi connectivity index (χ0) is 15.9. The lowest BCUT2D eigenvalue weighted by atomic mass is 10.2. The number of ether oxygens (including phenoxy) is 1. The van der Waals surface area contributed by atoms with E-state index in [1.807, 2.05) is 18.5 Å². The molecule has 6 nitrogen and oxygen atoms in total. The highest BCUT2D eigenvalue weighted by Crippen LogP contribution is 2.19. The molecule has 7 heteroatoms. The van der Waals surface area contributed by atoms with Gasteiger partial charge in [0.05, 0.1) is 6.61 Å². The Morgan fingerprint density at radius 2 is 2.14 bits per heavy atom. The number of para-hydroxylation sites is 1. The van der Waals surface area contributed by atoms with Crippen molar-refractivity contribution in [2.24, 2.45) is 7.05 Å². The number of aromatic carboxylic acids is 1. The Labute approximate surface area is 133 Å². The van der Waals surface area contributed by atoms with Gasteiger partial charge in [-0.2, -0.15) is 0 Å². The number of aromatic nitrogens is 3. The van der Waals surface area contributed by atoms with Gasteiger partial charge in [0.15, 0.2) is 5.16 Å². The summed E-state index contributed by atoms with van der Waals surface area (Å²) in [5, 5.41) is 18.2. The van der Waals surface area contributed by atoms with Crippen molar-refractivity contribution < 1.29 is 14.6 Å². The van der Waals surface area contributed by atoms with E-state index in [0.717, 1.165) is 29.6 Å². The Morgan fingerprint density at radius 1 is 1.36 bits per heavy atom. The molecule has 2 rings (SSSR count). The normalized spacial score (nSPS) is 10.6. The smallest absolute Gasteiger partial charge is 0.339 e. The molecule has 0 bridgehead atoms. The van der Waals surface area contributed by atoms with Gasteiger partial charge in [-0.3, -0.25) is 0 Å². The predicted molar refractivity (Wildman–Crippen MR) is 84.6 cm³/mol. The fourth-order valence-electron chi connectivity index (χ4n) is 1.95. The van der Waals surface area contributed by atoms with E-state index in [2.05, 4.69) is 10.2 Å². The van der Waals surface area contributed by atoms with E-state index < -0.39 is 5.97 Å². The van der Waals surface area contributed by atoms with Crippen molar-refractivity contribution in [2.75, 3.05) is 12.4 Å². The van der Waals surface area contributed by atoms with Crippen LogP contribution < -0.4 is 4.74 Å². The summed E-state index contributed by atoms with van der Waals surface area (Å²) in [6.07, 6.45) is 1.66. The summed E-state index contributed by atoms with van der Waals surface area (Å²) in [5.74, 6) is 1.24. The number of benzene rings is 1. The van der Waals surface area contributed by atoms with Gasteiger partial charge in [0, 0.05) is 19.2 Å². The maximum Gasteiger partial charge on any atom is 0.339 e. The first-order valence-electron chi connectivity index (χ1n) is 7.09. The van der Waals surface area contributed by atoms with Gasteiger partial charge in [-0.25, -0.2) is 4.79 Å². The molecular weight excluding hydrogens is 302 g/mol. The molecule has 1 aromatic heterocycles. The minimum atomic E-state index is -0.976. The molecule has 1 N–H and O–H groups in total. The average molecular weight is 321 g/mol. The highest BCUT2D eigenvalue weighted by atomic mass is 32.2. The molecule has 118 valence electrons. The number of hydrogen-bond donors (Lipinski definition) is 1. The molecule has 0 unspecified atom stereocenters. The first-order valence-corrected chi connectivity index (χ1v) is 8.08. The Bertz CT molecular complexity index is 643. The Balaban J connectivity index is 1.78. The number of rotatable bonds is 8.